The quantitative estimate of drug-likeness (QED) is 0.653. The Morgan fingerprint density at radius 2 is 2.38 bits per heavy atom. The van der Waals surface area contributed by atoms with Gasteiger partial charge in [0.05, 0.1) is 18.9 Å². The zero-order valence-electron chi connectivity index (χ0n) is 7.50. The predicted octanol–water partition coefficient (Wildman–Crippen LogP) is 1.57. The summed E-state index contributed by atoms with van der Waals surface area (Å²) in [5.74, 6) is -1.32. The van der Waals surface area contributed by atoms with Crippen LogP contribution in [0.3, 0.4) is 0 Å². The molecule has 13 heavy (non-hydrogen) atoms. The second-order valence-corrected chi connectivity index (χ2v) is 2.50. The van der Waals surface area contributed by atoms with Crippen molar-refractivity contribution in [1.82, 2.24) is 4.98 Å². The van der Waals surface area contributed by atoms with Crippen molar-refractivity contribution in [3.63, 3.8) is 0 Å². The maximum absolute atomic E-state index is 13.0. The summed E-state index contributed by atoms with van der Waals surface area (Å²) in [4.78, 5) is 14.8. The molecule has 1 heterocycles. The van der Waals surface area contributed by atoms with Gasteiger partial charge < -0.3 is 4.74 Å². The summed E-state index contributed by atoms with van der Waals surface area (Å²) in [7, 11) is 1.22. The second-order valence-electron chi connectivity index (χ2n) is 2.50. The van der Waals surface area contributed by atoms with E-state index in [0.717, 1.165) is 6.20 Å². The first-order valence-electron chi connectivity index (χ1n) is 3.91. The van der Waals surface area contributed by atoms with Crippen LogP contribution >= 0.6 is 0 Å². The highest BCUT2D eigenvalue weighted by molar-refractivity contribution is 5.89. The third kappa shape index (κ3) is 2.02. The summed E-state index contributed by atoms with van der Waals surface area (Å²) in [6.45, 7) is 1.88. The van der Waals surface area contributed by atoms with Crippen LogP contribution in [0.2, 0.25) is 0 Å². The lowest BCUT2D eigenvalue weighted by Gasteiger charge is -2.02. The van der Waals surface area contributed by atoms with Gasteiger partial charge in [-0.3, -0.25) is 4.98 Å². The Bertz CT molecular complexity index is 325. The summed E-state index contributed by atoms with van der Waals surface area (Å²) >= 11 is 0. The van der Waals surface area contributed by atoms with E-state index in [0.29, 0.717) is 12.1 Å². The zero-order chi connectivity index (χ0) is 9.84. The van der Waals surface area contributed by atoms with Crippen LogP contribution in [-0.2, 0) is 11.2 Å². The highest BCUT2D eigenvalue weighted by Crippen LogP contribution is 2.09. The molecule has 0 aromatic carbocycles. The minimum atomic E-state index is -0.672. The summed E-state index contributed by atoms with van der Waals surface area (Å²) in [5, 5.41) is 0. The maximum atomic E-state index is 13.0. The molecule has 0 unspecified atom stereocenters. The number of halogens is 1. The Balaban J connectivity index is 3.11. The van der Waals surface area contributed by atoms with Crippen molar-refractivity contribution < 1.29 is 13.9 Å². The number of rotatable bonds is 2. The molecule has 0 aliphatic rings. The number of hydrogen-bond acceptors (Lipinski definition) is 3. The molecule has 0 amide bonds. The minimum absolute atomic E-state index is 0.0608. The number of pyridine rings is 1. The zero-order valence-corrected chi connectivity index (χ0v) is 7.50. The molecule has 0 spiro atoms. The van der Waals surface area contributed by atoms with Crippen LogP contribution in [0, 0.1) is 5.82 Å². The maximum Gasteiger partial charge on any atom is 0.340 e. The standard InChI is InChI=1S/C9H10FNO2/c1-3-6-4-7(9(12)13-2)8(10)5-11-6/h4-5H,3H2,1-2H3. The molecular weight excluding hydrogens is 173 g/mol. The average molecular weight is 183 g/mol. The van der Waals surface area contributed by atoms with Crippen LogP contribution < -0.4 is 0 Å². The number of nitrogens with zero attached hydrogens (tertiary/aromatic N) is 1. The molecule has 4 heteroatoms. The molecule has 0 N–H and O–H groups in total. The Kier molecular flexibility index (Phi) is 2.95. The summed E-state index contributed by atoms with van der Waals surface area (Å²) < 4.78 is 17.4. The molecule has 0 atom stereocenters. The molecule has 1 aromatic heterocycles. The Labute approximate surface area is 75.6 Å². The van der Waals surface area contributed by atoms with E-state index in [4.69, 9.17) is 0 Å². The number of esters is 1. The first kappa shape index (κ1) is 9.64. The van der Waals surface area contributed by atoms with Crippen LogP contribution in [0.5, 0.6) is 0 Å². The third-order valence-corrected chi connectivity index (χ3v) is 1.68. The Hall–Kier alpha value is -1.45. The van der Waals surface area contributed by atoms with Gasteiger partial charge in [0.2, 0.25) is 0 Å². The molecule has 0 aliphatic carbocycles. The molecule has 1 aromatic rings. The van der Waals surface area contributed by atoms with Crippen LogP contribution in [0.25, 0.3) is 0 Å². The summed E-state index contributed by atoms with van der Waals surface area (Å²) in [6, 6.07) is 1.40. The van der Waals surface area contributed by atoms with Gasteiger partial charge in [0.1, 0.15) is 0 Å². The van der Waals surface area contributed by atoms with Crippen LogP contribution in [0.15, 0.2) is 12.3 Å². The molecule has 70 valence electrons. The predicted molar refractivity (Wildman–Crippen MR) is 44.9 cm³/mol. The van der Waals surface area contributed by atoms with Gasteiger partial charge in [0.15, 0.2) is 5.82 Å². The minimum Gasteiger partial charge on any atom is -0.465 e. The monoisotopic (exact) mass is 183 g/mol. The van der Waals surface area contributed by atoms with Gasteiger partial charge in [-0.05, 0) is 12.5 Å². The van der Waals surface area contributed by atoms with E-state index in [-0.39, 0.29) is 5.56 Å². The van der Waals surface area contributed by atoms with E-state index in [1.807, 2.05) is 6.92 Å². The number of aryl methyl sites for hydroxylation is 1. The molecule has 3 nitrogen and oxygen atoms in total. The van der Waals surface area contributed by atoms with E-state index < -0.39 is 11.8 Å². The number of ether oxygens (including phenoxy) is 1. The van der Waals surface area contributed by atoms with Gasteiger partial charge in [-0.1, -0.05) is 6.92 Å². The van der Waals surface area contributed by atoms with Crippen molar-refractivity contribution in [2.45, 2.75) is 13.3 Å². The number of methoxy groups -OCH3 is 1. The molecule has 0 aliphatic heterocycles. The van der Waals surface area contributed by atoms with Gasteiger partial charge in [-0.2, -0.15) is 0 Å². The largest absolute Gasteiger partial charge is 0.465 e. The van der Waals surface area contributed by atoms with Gasteiger partial charge in [0.25, 0.3) is 0 Å². The highest BCUT2D eigenvalue weighted by Gasteiger charge is 2.12. The summed E-state index contributed by atoms with van der Waals surface area (Å²) in [6.07, 6.45) is 1.69. The third-order valence-electron chi connectivity index (χ3n) is 1.68. The lowest BCUT2D eigenvalue weighted by Crippen LogP contribution is -2.06. The lowest BCUT2D eigenvalue weighted by molar-refractivity contribution is 0.0595. The molecule has 0 bridgehead atoms. The number of carbonyl (C=O) groups is 1. The number of aromatic nitrogens is 1. The van der Waals surface area contributed by atoms with E-state index in [9.17, 15) is 9.18 Å². The van der Waals surface area contributed by atoms with Crippen molar-refractivity contribution in [3.05, 3.63) is 29.3 Å². The molecule has 0 saturated carbocycles. The van der Waals surface area contributed by atoms with Crippen LogP contribution in [-0.4, -0.2) is 18.1 Å². The molecule has 0 fully saturated rings. The molecule has 0 radical (unpaired) electrons. The van der Waals surface area contributed by atoms with Crippen molar-refractivity contribution >= 4 is 5.97 Å². The highest BCUT2D eigenvalue weighted by atomic mass is 19.1. The fourth-order valence-electron chi connectivity index (χ4n) is 0.942. The number of carbonyl (C=O) groups excluding carboxylic acids is 1. The lowest BCUT2D eigenvalue weighted by atomic mass is 10.2. The first-order chi connectivity index (χ1) is 6.19. The van der Waals surface area contributed by atoms with Gasteiger partial charge in [-0.25, -0.2) is 9.18 Å². The Morgan fingerprint density at radius 3 is 2.92 bits per heavy atom. The summed E-state index contributed by atoms with van der Waals surface area (Å²) in [5.41, 5.74) is 0.608. The SMILES string of the molecule is CCc1cc(C(=O)OC)c(F)cn1. The van der Waals surface area contributed by atoms with E-state index >= 15 is 0 Å². The normalized spacial score (nSPS) is 9.77. The van der Waals surface area contributed by atoms with E-state index in [1.54, 1.807) is 0 Å². The smallest absolute Gasteiger partial charge is 0.340 e. The second kappa shape index (κ2) is 3.98. The fourth-order valence-corrected chi connectivity index (χ4v) is 0.942. The molecule has 1 rings (SSSR count). The number of hydrogen-bond donors (Lipinski definition) is 0. The van der Waals surface area contributed by atoms with Gasteiger partial charge >= 0.3 is 5.97 Å². The Morgan fingerprint density at radius 1 is 1.69 bits per heavy atom. The van der Waals surface area contributed by atoms with Crippen molar-refractivity contribution in [2.75, 3.05) is 7.11 Å². The first-order valence-corrected chi connectivity index (χ1v) is 3.91. The van der Waals surface area contributed by atoms with Crippen molar-refractivity contribution in [2.24, 2.45) is 0 Å². The average Bonchev–Trinajstić information content (AvgIpc) is 2.17. The van der Waals surface area contributed by atoms with E-state index in [1.165, 1.54) is 13.2 Å². The van der Waals surface area contributed by atoms with E-state index in [2.05, 4.69) is 9.72 Å². The molecular formula is C9H10FNO2. The van der Waals surface area contributed by atoms with Crippen LogP contribution in [0.4, 0.5) is 4.39 Å². The topological polar surface area (TPSA) is 39.2 Å². The fraction of sp³-hybridized carbons (Fsp3) is 0.333. The van der Waals surface area contributed by atoms with Gasteiger partial charge in [0, 0.05) is 5.69 Å². The van der Waals surface area contributed by atoms with Crippen molar-refractivity contribution in [1.29, 1.82) is 0 Å². The van der Waals surface area contributed by atoms with Gasteiger partial charge in [-0.15, -0.1) is 0 Å². The molecule has 0 saturated heterocycles. The van der Waals surface area contributed by atoms with Crippen molar-refractivity contribution in [3.8, 4) is 0 Å². The van der Waals surface area contributed by atoms with Crippen LogP contribution in [0.1, 0.15) is 23.0 Å².